The average molecular weight is 458 g/mol. The first-order valence-corrected chi connectivity index (χ1v) is 7.94. The van der Waals surface area contributed by atoms with E-state index in [-0.39, 0.29) is 35.6 Å². The average Bonchev–Trinajstić information content (AvgIpc) is 3.06. The van der Waals surface area contributed by atoms with E-state index in [0.29, 0.717) is 12.5 Å². The van der Waals surface area contributed by atoms with Gasteiger partial charge in [0.2, 0.25) is 0 Å². The number of halogens is 3. The predicted octanol–water partition coefficient (Wildman–Crippen LogP) is 3.84. The van der Waals surface area contributed by atoms with Crippen LogP contribution >= 0.6 is 24.0 Å². The van der Waals surface area contributed by atoms with E-state index >= 15 is 0 Å². The lowest BCUT2D eigenvalue weighted by Crippen LogP contribution is -2.25. The molecule has 0 spiro atoms. The molecule has 25 heavy (non-hydrogen) atoms. The third-order valence-electron chi connectivity index (χ3n) is 4.12. The summed E-state index contributed by atoms with van der Waals surface area (Å²) in [6.45, 7) is 2.45. The van der Waals surface area contributed by atoms with E-state index in [2.05, 4.69) is 27.3 Å². The molecular weight excluding hydrogens is 437 g/mol. The number of para-hydroxylation sites is 1. The second-order valence-electron chi connectivity index (χ2n) is 5.91. The van der Waals surface area contributed by atoms with Gasteiger partial charge >= 0.3 is 0 Å². The highest BCUT2D eigenvalue weighted by molar-refractivity contribution is 14.0. The zero-order valence-corrected chi connectivity index (χ0v) is 16.0. The van der Waals surface area contributed by atoms with Crippen LogP contribution < -0.4 is 16.0 Å². The van der Waals surface area contributed by atoms with Gasteiger partial charge in [-0.25, -0.2) is 8.78 Å². The monoisotopic (exact) mass is 458 g/mol. The third-order valence-corrected chi connectivity index (χ3v) is 4.12. The molecule has 1 aliphatic rings. The quantitative estimate of drug-likeness (QED) is 0.416. The second kappa shape index (κ2) is 8.98. The molecule has 1 heterocycles. The van der Waals surface area contributed by atoms with E-state index < -0.39 is 11.6 Å². The smallest absolute Gasteiger partial charge is 0.193 e. The van der Waals surface area contributed by atoms with Crippen LogP contribution in [0.4, 0.5) is 20.2 Å². The van der Waals surface area contributed by atoms with Crippen molar-refractivity contribution in [2.75, 3.05) is 29.9 Å². The SMILES string of the molecule is I.NC(=NCC1CCN(c2ccccc2)C1)Nc1cc(F)ccc1F. The van der Waals surface area contributed by atoms with Gasteiger partial charge in [-0.2, -0.15) is 0 Å². The largest absolute Gasteiger partial charge is 0.371 e. The summed E-state index contributed by atoms with van der Waals surface area (Å²) in [6, 6.07) is 13.4. The maximum Gasteiger partial charge on any atom is 0.193 e. The maximum absolute atomic E-state index is 13.6. The molecule has 0 aliphatic carbocycles. The van der Waals surface area contributed by atoms with Gasteiger partial charge in [-0.1, -0.05) is 18.2 Å². The van der Waals surface area contributed by atoms with Crippen LogP contribution in [-0.2, 0) is 0 Å². The van der Waals surface area contributed by atoms with Crippen molar-refractivity contribution in [3.05, 3.63) is 60.2 Å². The Morgan fingerprint density at radius 3 is 2.72 bits per heavy atom. The first-order chi connectivity index (χ1) is 11.6. The van der Waals surface area contributed by atoms with Crippen molar-refractivity contribution in [2.24, 2.45) is 16.6 Å². The Hall–Kier alpha value is -1.90. The lowest BCUT2D eigenvalue weighted by molar-refractivity contribution is 0.601. The number of hydrogen-bond donors (Lipinski definition) is 2. The zero-order valence-electron chi connectivity index (χ0n) is 13.7. The summed E-state index contributed by atoms with van der Waals surface area (Å²) >= 11 is 0. The predicted molar refractivity (Wildman–Crippen MR) is 109 cm³/mol. The number of aliphatic imine (C=N–C) groups is 1. The Bertz CT molecular complexity index is 724. The fourth-order valence-electron chi connectivity index (χ4n) is 2.85. The number of nitrogens with zero attached hydrogens (tertiary/aromatic N) is 2. The minimum absolute atomic E-state index is 0. The highest BCUT2D eigenvalue weighted by Gasteiger charge is 2.22. The summed E-state index contributed by atoms with van der Waals surface area (Å²) in [6.07, 6.45) is 1.03. The van der Waals surface area contributed by atoms with Crippen LogP contribution in [0.2, 0.25) is 0 Å². The Morgan fingerprint density at radius 2 is 1.96 bits per heavy atom. The molecule has 0 bridgehead atoms. The van der Waals surface area contributed by atoms with Crippen molar-refractivity contribution in [1.82, 2.24) is 0 Å². The molecule has 2 aromatic carbocycles. The van der Waals surface area contributed by atoms with Gasteiger partial charge < -0.3 is 16.0 Å². The zero-order chi connectivity index (χ0) is 16.9. The molecule has 1 unspecified atom stereocenters. The lowest BCUT2D eigenvalue weighted by atomic mass is 10.1. The Kier molecular flexibility index (Phi) is 6.98. The summed E-state index contributed by atoms with van der Waals surface area (Å²) in [7, 11) is 0. The summed E-state index contributed by atoms with van der Waals surface area (Å²) in [5.74, 6) is -0.604. The molecule has 3 rings (SSSR count). The summed E-state index contributed by atoms with van der Waals surface area (Å²) in [5, 5.41) is 2.62. The molecule has 0 aromatic heterocycles. The third kappa shape index (κ3) is 5.29. The van der Waals surface area contributed by atoms with Crippen molar-refractivity contribution in [3.63, 3.8) is 0 Å². The number of nitrogens with one attached hydrogen (secondary N) is 1. The fourth-order valence-corrected chi connectivity index (χ4v) is 2.85. The number of nitrogens with two attached hydrogens (primary N) is 1. The van der Waals surface area contributed by atoms with Crippen molar-refractivity contribution < 1.29 is 8.78 Å². The van der Waals surface area contributed by atoms with E-state index in [0.717, 1.165) is 37.7 Å². The van der Waals surface area contributed by atoms with Crippen molar-refractivity contribution in [1.29, 1.82) is 0 Å². The van der Waals surface area contributed by atoms with Gasteiger partial charge in [-0.15, -0.1) is 24.0 Å². The molecule has 1 atom stereocenters. The van der Waals surface area contributed by atoms with E-state index in [1.807, 2.05) is 18.2 Å². The topological polar surface area (TPSA) is 53.6 Å². The Morgan fingerprint density at radius 1 is 1.20 bits per heavy atom. The summed E-state index contributed by atoms with van der Waals surface area (Å²) < 4.78 is 26.7. The molecule has 134 valence electrons. The van der Waals surface area contributed by atoms with Gasteiger partial charge in [0.05, 0.1) is 5.69 Å². The number of guanidine groups is 1. The van der Waals surface area contributed by atoms with E-state index in [1.54, 1.807) is 0 Å². The van der Waals surface area contributed by atoms with Crippen LogP contribution in [0.3, 0.4) is 0 Å². The molecule has 1 aliphatic heterocycles. The second-order valence-corrected chi connectivity index (χ2v) is 5.91. The van der Waals surface area contributed by atoms with Crippen molar-refractivity contribution in [2.45, 2.75) is 6.42 Å². The molecule has 3 N–H and O–H groups in total. The van der Waals surface area contributed by atoms with E-state index in [9.17, 15) is 8.78 Å². The standard InChI is InChI=1S/C18H20F2N4.HI/c19-14-6-7-16(20)17(10-14)23-18(21)22-11-13-8-9-24(12-13)15-4-2-1-3-5-15;/h1-7,10,13H,8-9,11-12H2,(H3,21,22,23);1H. The summed E-state index contributed by atoms with van der Waals surface area (Å²) in [5.41, 5.74) is 6.98. The van der Waals surface area contributed by atoms with Gasteiger partial charge in [-0.05, 0) is 36.6 Å². The van der Waals surface area contributed by atoms with Crippen LogP contribution in [0.15, 0.2) is 53.5 Å². The molecule has 1 saturated heterocycles. The molecule has 1 fully saturated rings. The van der Waals surface area contributed by atoms with Gasteiger partial charge in [0.1, 0.15) is 11.6 Å². The Balaban J connectivity index is 0.00000225. The number of anilines is 2. The van der Waals surface area contributed by atoms with Crippen LogP contribution in [0.25, 0.3) is 0 Å². The number of rotatable bonds is 4. The normalized spacial score (nSPS) is 17.3. The summed E-state index contributed by atoms with van der Waals surface area (Å²) in [4.78, 5) is 6.58. The first kappa shape index (κ1) is 19.4. The minimum Gasteiger partial charge on any atom is -0.371 e. The highest BCUT2D eigenvalue weighted by Crippen LogP contribution is 2.23. The highest BCUT2D eigenvalue weighted by atomic mass is 127. The molecule has 7 heteroatoms. The Labute approximate surface area is 163 Å². The van der Waals surface area contributed by atoms with Crippen LogP contribution in [-0.4, -0.2) is 25.6 Å². The first-order valence-electron chi connectivity index (χ1n) is 7.94. The number of hydrogen-bond acceptors (Lipinski definition) is 2. The van der Waals surface area contributed by atoms with Gasteiger partial charge in [0, 0.05) is 31.4 Å². The maximum atomic E-state index is 13.6. The molecule has 0 saturated carbocycles. The molecular formula is C18H21F2IN4. The lowest BCUT2D eigenvalue weighted by Gasteiger charge is -2.18. The number of benzene rings is 2. The van der Waals surface area contributed by atoms with Gasteiger partial charge in [0.15, 0.2) is 5.96 Å². The van der Waals surface area contributed by atoms with Gasteiger partial charge in [-0.3, -0.25) is 4.99 Å². The van der Waals surface area contributed by atoms with Crippen molar-refractivity contribution >= 4 is 41.3 Å². The molecule has 2 aromatic rings. The van der Waals surface area contributed by atoms with E-state index in [1.165, 1.54) is 5.69 Å². The van der Waals surface area contributed by atoms with Crippen LogP contribution in [0.1, 0.15) is 6.42 Å². The molecule has 0 amide bonds. The minimum atomic E-state index is -0.564. The van der Waals surface area contributed by atoms with Gasteiger partial charge in [0.25, 0.3) is 0 Å². The van der Waals surface area contributed by atoms with E-state index in [4.69, 9.17) is 5.73 Å². The molecule has 4 nitrogen and oxygen atoms in total. The van der Waals surface area contributed by atoms with Crippen LogP contribution in [0, 0.1) is 17.6 Å². The van der Waals surface area contributed by atoms with Crippen molar-refractivity contribution in [3.8, 4) is 0 Å². The fraction of sp³-hybridized carbons (Fsp3) is 0.278. The molecule has 0 radical (unpaired) electrons. The van der Waals surface area contributed by atoms with Crippen LogP contribution in [0.5, 0.6) is 0 Å².